The van der Waals surface area contributed by atoms with Gasteiger partial charge in [-0.1, -0.05) is 49.0 Å². The predicted octanol–water partition coefficient (Wildman–Crippen LogP) is 3.97. The molecule has 148 valence electrons. The summed E-state index contributed by atoms with van der Waals surface area (Å²) in [5, 5.41) is 21.5. The molecular weight excluding hydrogens is 388 g/mol. The quantitative estimate of drug-likeness (QED) is 0.482. The highest BCUT2D eigenvalue weighted by Crippen LogP contribution is 2.31. The lowest BCUT2D eigenvalue weighted by Gasteiger charge is -2.10. The molecule has 0 bridgehead atoms. The van der Waals surface area contributed by atoms with Gasteiger partial charge in [0.05, 0.1) is 23.3 Å². The summed E-state index contributed by atoms with van der Waals surface area (Å²) in [6, 6.07) is 11.5. The van der Waals surface area contributed by atoms with Gasteiger partial charge in [-0.15, -0.1) is 5.10 Å². The van der Waals surface area contributed by atoms with Gasteiger partial charge in [-0.2, -0.15) is 10.2 Å². The number of thioether (sulfide) groups is 1. The number of nitrogens with zero attached hydrogens (tertiary/aromatic N) is 5. The van der Waals surface area contributed by atoms with Gasteiger partial charge >= 0.3 is 0 Å². The fourth-order valence-electron chi connectivity index (χ4n) is 2.97. The fourth-order valence-corrected chi connectivity index (χ4v) is 3.74. The number of hydrogen-bond acceptors (Lipinski definition) is 7. The molecule has 0 atom stereocenters. The van der Waals surface area contributed by atoms with E-state index in [0.29, 0.717) is 16.6 Å². The molecule has 0 radical (unpaired) electrons. The lowest BCUT2D eigenvalue weighted by Crippen LogP contribution is -2.14. The summed E-state index contributed by atoms with van der Waals surface area (Å²) in [7, 11) is 0. The molecule has 0 spiro atoms. The van der Waals surface area contributed by atoms with Crippen molar-refractivity contribution < 1.29 is 9.32 Å². The maximum absolute atomic E-state index is 12.3. The molecule has 0 aliphatic rings. The van der Waals surface area contributed by atoms with E-state index in [1.54, 1.807) is 13.0 Å². The second-order valence-corrected chi connectivity index (χ2v) is 7.82. The first-order chi connectivity index (χ1) is 14.0. The molecule has 29 heavy (non-hydrogen) atoms. The Bertz CT molecular complexity index is 1150. The van der Waals surface area contributed by atoms with Crippen LogP contribution in [0.3, 0.4) is 0 Å². The molecule has 0 saturated carbocycles. The van der Waals surface area contributed by atoms with Gasteiger partial charge in [-0.05, 0) is 25.0 Å². The molecular formula is C20H20N6O2S. The van der Waals surface area contributed by atoms with E-state index >= 15 is 0 Å². The zero-order valence-electron chi connectivity index (χ0n) is 16.3. The van der Waals surface area contributed by atoms with Crippen LogP contribution in [0.15, 0.2) is 52.1 Å². The van der Waals surface area contributed by atoms with Crippen LogP contribution in [0.1, 0.15) is 31.2 Å². The van der Waals surface area contributed by atoms with Crippen LogP contribution in [-0.4, -0.2) is 36.8 Å². The summed E-state index contributed by atoms with van der Waals surface area (Å²) in [6.45, 7) is 5.91. The van der Waals surface area contributed by atoms with Gasteiger partial charge in [0.2, 0.25) is 5.91 Å². The summed E-state index contributed by atoms with van der Waals surface area (Å²) in [6.07, 6.45) is 1.81. The van der Waals surface area contributed by atoms with Crippen molar-refractivity contribution in [2.24, 2.45) is 0 Å². The Labute approximate surface area is 171 Å². The van der Waals surface area contributed by atoms with Gasteiger partial charge in [0.1, 0.15) is 16.3 Å². The summed E-state index contributed by atoms with van der Waals surface area (Å²) in [5.74, 6) is 1.20. The number of carbonyl (C=O) groups is 1. The number of carbonyl (C=O) groups excluding carboxylic acids is 1. The maximum atomic E-state index is 12.3. The highest BCUT2D eigenvalue weighted by atomic mass is 32.2. The number of hydrogen-bond donors (Lipinski definition) is 1. The zero-order valence-corrected chi connectivity index (χ0v) is 17.1. The summed E-state index contributed by atoms with van der Waals surface area (Å²) in [5.41, 5.74) is 2.66. The number of aromatic nitrogens is 5. The molecule has 4 aromatic rings. The van der Waals surface area contributed by atoms with Crippen LogP contribution in [0.5, 0.6) is 0 Å². The standard InChI is InChI=1S/C20H20N6O2S/c1-12(2)18-15-10-21-26(14-7-5-4-6-8-14)19(15)20(24-23-18)29-11-17(27)22-16-9-13(3)28-25-16/h4-10,12H,11H2,1-3H3,(H,22,25,27). The number of amides is 1. The zero-order chi connectivity index (χ0) is 20.4. The first kappa shape index (κ1) is 19.1. The first-order valence-electron chi connectivity index (χ1n) is 9.18. The Balaban J connectivity index is 1.65. The van der Waals surface area contributed by atoms with Gasteiger partial charge in [-0.3, -0.25) is 4.79 Å². The van der Waals surface area contributed by atoms with E-state index in [4.69, 9.17) is 4.52 Å². The molecule has 1 N–H and O–H groups in total. The van der Waals surface area contributed by atoms with E-state index in [9.17, 15) is 4.79 Å². The molecule has 1 aromatic carbocycles. The van der Waals surface area contributed by atoms with E-state index in [1.807, 2.05) is 41.2 Å². The van der Waals surface area contributed by atoms with Gasteiger partial charge in [0, 0.05) is 11.5 Å². The van der Waals surface area contributed by atoms with Crippen molar-refractivity contribution in [1.29, 1.82) is 0 Å². The van der Waals surface area contributed by atoms with Crippen molar-refractivity contribution in [2.45, 2.75) is 31.7 Å². The van der Waals surface area contributed by atoms with Crippen molar-refractivity contribution in [2.75, 3.05) is 11.1 Å². The van der Waals surface area contributed by atoms with E-state index in [1.165, 1.54) is 11.8 Å². The molecule has 1 amide bonds. The van der Waals surface area contributed by atoms with Crippen LogP contribution in [0, 0.1) is 6.92 Å². The van der Waals surface area contributed by atoms with Gasteiger partial charge in [0.15, 0.2) is 5.82 Å². The van der Waals surface area contributed by atoms with Crippen LogP contribution in [0.25, 0.3) is 16.6 Å². The van der Waals surface area contributed by atoms with Crippen molar-refractivity contribution in [1.82, 2.24) is 25.1 Å². The monoisotopic (exact) mass is 408 g/mol. The van der Waals surface area contributed by atoms with Crippen LogP contribution < -0.4 is 5.32 Å². The molecule has 9 heteroatoms. The fraction of sp³-hybridized carbons (Fsp3) is 0.250. The predicted molar refractivity (Wildman–Crippen MR) is 111 cm³/mol. The second kappa shape index (κ2) is 8.04. The number of anilines is 1. The number of aryl methyl sites for hydroxylation is 1. The average Bonchev–Trinajstić information content (AvgIpc) is 3.33. The highest BCUT2D eigenvalue weighted by Gasteiger charge is 2.19. The number of fused-ring (bicyclic) bond motifs is 1. The minimum Gasteiger partial charge on any atom is -0.360 e. The average molecular weight is 408 g/mol. The topological polar surface area (TPSA) is 98.7 Å². The van der Waals surface area contributed by atoms with Crippen molar-refractivity contribution in [3.8, 4) is 5.69 Å². The highest BCUT2D eigenvalue weighted by molar-refractivity contribution is 8.00. The van der Waals surface area contributed by atoms with Crippen LogP contribution in [0.4, 0.5) is 5.82 Å². The third kappa shape index (κ3) is 4.00. The minimum atomic E-state index is -0.197. The lowest BCUT2D eigenvalue weighted by molar-refractivity contribution is -0.113. The Morgan fingerprint density at radius 1 is 1.24 bits per heavy atom. The van der Waals surface area contributed by atoms with Gasteiger partial charge in [-0.25, -0.2) is 4.68 Å². The smallest absolute Gasteiger partial charge is 0.236 e. The third-order valence-corrected chi connectivity index (χ3v) is 5.23. The molecule has 3 aromatic heterocycles. The van der Waals surface area contributed by atoms with E-state index in [0.717, 1.165) is 22.3 Å². The number of nitrogens with one attached hydrogen (secondary N) is 1. The van der Waals surface area contributed by atoms with Crippen LogP contribution in [0.2, 0.25) is 0 Å². The molecule has 8 nitrogen and oxygen atoms in total. The molecule has 0 aliphatic heterocycles. The normalized spacial score (nSPS) is 11.3. The van der Waals surface area contributed by atoms with Gasteiger partial charge < -0.3 is 9.84 Å². The SMILES string of the molecule is Cc1cc(NC(=O)CSc2nnc(C(C)C)c3cnn(-c4ccccc4)c23)no1. The van der Waals surface area contributed by atoms with Crippen molar-refractivity contribution >= 4 is 34.4 Å². The summed E-state index contributed by atoms with van der Waals surface area (Å²) >= 11 is 1.31. The Morgan fingerprint density at radius 2 is 2.03 bits per heavy atom. The second-order valence-electron chi connectivity index (χ2n) is 6.86. The maximum Gasteiger partial charge on any atom is 0.236 e. The summed E-state index contributed by atoms with van der Waals surface area (Å²) < 4.78 is 6.81. The number of rotatable bonds is 6. The number of para-hydroxylation sites is 1. The van der Waals surface area contributed by atoms with Crippen LogP contribution >= 0.6 is 11.8 Å². The molecule has 0 aliphatic carbocycles. The lowest BCUT2D eigenvalue weighted by atomic mass is 10.1. The molecule has 0 fully saturated rings. The van der Waals surface area contributed by atoms with Crippen molar-refractivity contribution in [3.05, 3.63) is 54.0 Å². The third-order valence-electron chi connectivity index (χ3n) is 4.28. The largest absolute Gasteiger partial charge is 0.360 e. The molecule has 3 heterocycles. The molecule has 0 saturated heterocycles. The van der Waals surface area contributed by atoms with E-state index < -0.39 is 0 Å². The summed E-state index contributed by atoms with van der Waals surface area (Å²) in [4.78, 5) is 12.3. The van der Waals surface area contributed by atoms with Crippen LogP contribution in [-0.2, 0) is 4.79 Å². The first-order valence-corrected chi connectivity index (χ1v) is 10.2. The Morgan fingerprint density at radius 3 is 2.72 bits per heavy atom. The Hall–Kier alpha value is -3.20. The Kier molecular flexibility index (Phi) is 5.30. The van der Waals surface area contributed by atoms with Crippen molar-refractivity contribution in [3.63, 3.8) is 0 Å². The minimum absolute atomic E-state index is 0.163. The molecule has 4 rings (SSSR count). The number of benzene rings is 1. The van der Waals surface area contributed by atoms with Gasteiger partial charge in [0.25, 0.3) is 0 Å². The van der Waals surface area contributed by atoms with E-state index in [-0.39, 0.29) is 17.6 Å². The van der Waals surface area contributed by atoms with E-state index in [2.05, 4.69) is 39.6 Å². The molecule has 0 unspecified atom stereocenters.